The molecule has 0 bridgehead atoms. The van der Waals surface area contributed by atoms with Gasteiger partial charge in [-0.2, -0.15) is 0 Å². The molecule has 0 aliphatic rings. The van der Waals surface area contributed by atoms with Crippen LogP contribution in [0.25, 0.3) is 0 Å². The lowest BCUT2D eigenvalue weighted by molar-refractivity contribution is 0.0994. The van der Waals surface area contributed by atoms with Crippen molar-refractivity contribution in [3.8, 4) is 0 Å². The molecule has 20 heavy (non-hydrogen) atoms. The summed E-state index contributed by atoms with van der Waals surface area (Å²) in [4.78, 5) is 12.4. The maximum Gasteiger partial charge on any atom is 0.175 e. The maximum absolute atomic E-state index is 12.4. The number of ketones is 1. The lowest BCUT2D eigenvalue weighted by atomic mass is 10.1. The van der Waals surface area contributed by atoms with Gasteiger partial charge in [-0.3, -0.25) is 4.79 Å². The predicted molar refractivity (Wildman–Crippen MR) is 87.2 cm³/mol. The van der Waals surface area contributed by atoms with Crippen molar-refractivity contribution >= 4 is 40.6 Å². The third kappa shape index (κ3) is 3.84. The molecule has 0 amide bonds. The van der Waals surface area contributed by atoms with Crippen molar-refractivity contribution in [2.24, 2.45) is 0 Å². The first-order valence-electron chi connectivity index (χ1n) is 6.31. The van der Waals surface area contributed by atoms with Crippen molar-refractivity contribution < 1.29 is 4.79 Å². The van der Waals surface area contributed by atoms with Gasteiger partial charge in [-0.15, -0.1) is 10.2 Å². The quantitative estimate of drug-likeness (QED) is 0.589. The second-order valence-corrected chi connectivity index (χ2v) is 7.83. The van der Waals surface area contributed by atoms with Crippen LogP contribution in [-0.2, 0) is 6.42 Å². The van der Waals surface area contributed by atoms with E-state index in [1.54, 1.807) is 11.8 Å². The number of aromatic nitrogens is 2. The van der Waals surface area contributed by atoms with Crippen molar-refractivity contribution in [2.75, 3.05) is 6.26 Å². The van der Waals surface area contributed by atoms with Crippen molar-refractivity contribution in [1.29, 1.82) is 0 Å². The fourth-order valence-corrected chi connectivity index (χ4v) is 4.33. The molecule has 1 aromatic carbocycles. The Labute approximate surface area is 131 Å². The van der Waals surface area contributed by atoms with Gasteiger partial charge in [-0.1, -0.05) is 66.0 Å². The van der Waals surface area contributed by atoms with Crippen LogP contribution < -0.4 is 0 Å². The molecule has 0 N–H and O–H groups in total. The Hall–Kier alpha value is -0.850. The Balaban J connectivity index is 2.03. The summed E-state index contributed by atoms with van der Waals surface area (Å²) in [5, 5.41) is 7.98. The molecule has 1 unspecified atom stereocenters. The summed E-state index contributed by atoms with van der Waals surface area (Å²) in [5.41, 5.74) is 2.01. The van der Waals surface area contributed by atoms with E-state index in [0.717, 1.165) is 20.7 Å². The van der Waals surface area contributed by atoms with Crippen LogP contribution in [0.15, 0.2) is 32.9 Å². The van der Waals surface area contributed by atoms with Crippen LogP contribution in [0.4, 0.5) is 0 Å². The first-order chi connectivity index (χ1) is 9.63. The van der Waals surface area contributed by atoms with E-state index in [9.17, 15) is 4.79 Å². The second-order valence-electron chi connectivity index (χ2n) is 4.21. The Kier molecular flexibility index (Phi) is 5.63. The molecule has 1 heterocycles. The van der Waals surface area contributed by atoms with E-state index in [1.165, 1.54) is 28.7 Å². The largest absolute Gasteiger partial charge is 0.293 e. The summed E-state index contributed by atoms with van der Waals surface area (Å²) in [5.74, 6) is 0.138. The molecule has 3 nitrogen and oxygen atoms in total. The average Bonchev–Trinajstić information content (AvgIpc) is 2.94. The first-order valence-corrected chi connectivity index (χ1v) is 9.23. The van der Waals surface area contributed by atoms with Gasteiger partial charge in [0.2, 0.25) is 0 Å². The van der Waals surface area contributed by atoms with E-state index >= 15 is 0 Å². The molecule has 2 aromatic rings. The average molecular weight is 324 g/mol. The molecule has 0 saturated heterocycles. The van der Waals surface area contributed by atoms with E-state index < -0.39 is 0 Å². The molecule has 106 valence electrons. The molecule has 1 aromatic heterocycles. The van der Waals surface area contributed by atoms with E-state index in [2.05, 4.69) is 17.1 Å². The molecule has 0 radical (unpaired) electrons. The van der Waals surface area contributed by atoms with Gasteiger partial charge >= 0.3 is 0 Å². The number of benzene rings is 1. The van der Waals surface area contributed by atoms with Crippen LogP contribution in [0.5, 0.6) is 0 Å². The van der Waals surface area contributed by atoms with Crippen LogP contribution in [0, 0.1) is 0 Å². The highest BCUT2D eigenvalue weighted by atomic mass is 32.2. The van der Waals surface area contributed by atoms with E-state index in [0.29, 0.717) is 0 Å². The first kappa shape index (κ1) is 15.5. The Morgan fingerprint density at radius 1 is 1.25 bits per heavy atom. The molecule has 2 rings (SSSR count). The molecule has 6 heteroatoms. The van der Waals surface area contributed by atoms with Gasteiger partial charge in [0.05, 0.1) is 5.25 Å². The van der Waals surface area contributed by atoms with Gasteiger partial charge in [0.15, 0.2) is 14.5 Å². The van der Waals surface area contributed by atoms with Gasteiger partial charge in [0.25, 0.3) is 0 Å². The molecular weight excluding hydrogens is 308 g/mol. The summed E-state index contributed by atoms with van der Waals surface area (Å²) in [7, 11) is 0. The number of nitrogens with zero attached hydrogens (tertiary/aromatic N) is 2. The summed E-state index contributed by atoms with van der Waals surface area (Å²) in [6.07, 6.45) is 2.96. The Morgan fingerprint density at radius 3 is 2.45 bits per heavy atom. The van der Waals surface area contributed by atoms with Gasteiger partial charge in [0, 0.05) is 5.56 Å². The predicted octanol–water partition coefficient (Wildman–Crippen LogP) is 4.19. The van der Waals surface area contributed by atoms with E-state index in [4.69, 9.17) is 0 Å². The lowest BCUT2D eigenvalue weighted by Gasteiger charge is -2.08. The van der Waals surface area contributed by atoms with Crippen molar-refractivity contribution in [1.82, 2.24) is 10.2 Å². The topological polar surface area (TPSA) is 42.9 Å². The minimum absolute atomic E-state index is 0.138. The third-order valence-corrected chi connectivity index (χ3v) is 5.94. The number of thioether (sulfide) groups is 2. The minimum atomic E-state index is -0.148. The Morgan fingerprint density at radius 2 is 1.90 bits per heavy atom. The molecule has 0 spiro atoms. The lowest BCUT2D eigenvalue weighted by Crippen LogP contribution is -2.13. The molecular formula is C14H16N2OS3. The smallest absolute Gasteiger partial charge is 0.175 e. The second kappa shape index (κ2) is 7.24. The maximum atomic E-state index is 12.4. The van der Waals surface area contributed by atoms with Crippen LogP contribution in [0.3, 0.4) is 0 Å². The summed E-state index contributed by atoms with van der Waals surface area (Å²) < 4.78 is 1.78. The van der Waals surface area contributed by atoms with E-state index in [1.807, 2.05) is 37.4 Å². The fourth-order valence-electron chi connectivity index (χ4n) is 1.67. The molecule has 0 fully saturated rings. The zero-order valence-electron chi connectivity index (χ0n) is 11.6. The summed E-state index contributed by atoms with van der Waals surface area (Å²) in [6, 6.07) is 7.85. The monoisotopic (exact) mass is 324 g/mol. The highest BCUT2D eigenvalue weighted by Gasteiger charge is 2.18. The van der Waals surface area contributed by atoms with Crippen LogP contribution in [-0.4, -0.2) is 27.5 Å². The normalized spacial score (nSPS) is 12.3. The highest BCUT2D eigenvalue weighted by molar-refractivity contribution is 8.03. The zero-order valence-corrected chi connectivity index (χ0v) is 14.1. The number of rotatable bonds is 6. The number of carbonyl (C=O) groups is 1. The standard InChI is InChI=1S/C14H16N2OS3/c1-4-10-5-7-11(8-6-10)12(17)9(2)19-14-16-15-13(18-3)20-14/h5-9H,4H2,1-3H3. The number of aryl methyl sites for hydroxylation is 1. The van der Waals surface area contributed by atoms with Gasteiger partial charge < -0.3 is 0 Å². The number of Topliss-reactive ketones (excluding diaryl/α,β-unsaturated/α-hetero) is 1. The number of hydrogen-bond acceptors (Lipinski definition) is 6. The Bertz CT molecular complexity index is 580. The highest BCUT2D eigenvalue weighted by Crippen LogP contribution is 2.31. The third-order valence-electron chi connectivity index (χ3n) is 2.86. The van der Waals surface area contributed by atoms with Crippen LogP contribution in [0.1, 0.15) is 29.8 Å². The van der Waals surface area contributed by atoms with Crippen LogP contribution >= 0.6 is 34.9 Å². The number of hydrogen-bond donors (Lipinski definition) is 0. The zero-order chi connectivity index (χ0) is 14.5. The number of carbonyl (C=O) groups excluding carboxylic acids is 1. The summed E-state index contributed by atoms with van der Waals surface area (Å²) in [6.45, 7) is 4.02. The molecule has 1 atom stereocenters. The molecule has 0 aliphatic carbocycles. The van der Waals surface area contributed by atoms with Crippen LogP contribution in [0.2, 0.25) is 0 Å². The van der Waals surface area contributed by atoms with E-state index in [-0.39, 0.29) is 11.0 Å². The van der Waals surface area contributed by atoms with Crippen molar-refractivity contribution in [3.63, 3.8) is 0 Å². The SMILES string of the molecule is CCc1ccc(C(=O)C(C)Sc2nnc(SC)s2)cc1. The minimum Gasteiger partial charge on any atom is -0.293 e. The molecule has 0 saturated carbocycles. The van der Waals surface area contributed by atoms with Gasteiger partial charge in [0.1, 0.15) is 0 Å². The summed E-state index contributed by atoms with van der Waals surface area (Å²) >= 11 is 4.58. The van der Waals surface area contributed by atoms with Gasteiger partial charge in [-0.25, -0.2) is 0 Å². The van der Waals surface area contributed by atoms with Gasteiger partial charge in [-0.05, 0) is 25.2 Å². The van der Waals surface area contributed by atoms with Crippen molar-refractivity contribution in [2.45, 2.75) is 34.2 Å². The molecule has 0 aliphatic heterocycles. The van der Waals surface area contributed by atoms with Crippen molar-refractivity contribution in [3.05, 3.63) is 35.4 Å². The fraction of sp³-hybridized carbons (Fsp3) is 0.357.